The van der Waals surface area contributed by atoms with Gasteiger partial charge in [0.25, 0.3) is 0 Å². The highest BCUT2D eigenvalue weighted by molar-refractivity contribution is 6.77. The van der Waals surface area contributed by atoms with E-state index >= 15 is 0 Å². The van der Waals surface area contributed by atoms with Crippen LogP contribution in [0.1, 0.15) is 26.3 Å². The van der Waals surface area contributed by atoms with E-state index in [2.05, 4.69) is 38.4 Å². The summed E-state index contributed by atoms with van der Waals surface area (Å²) >= 11 is 0. The van der Waals surface area contributed by atoms with E-state index in [0.717, 1.165) is 5.56 Å². The lowest BCUT2D eigenvalue weighted by molar-refractivity contribution is -0.113. The van der Waals surface area contributed by atoms with Crippen molar-refractivity contribution >= 4 is 14.1 Å². The Labute approximate surface area is 139 Å². The van der Waals surface area contributed by atoms with Crippen LogP contribution in [-0.2, 0) is 11.2 Å². The topological polar surface area (TPSA) is 86.8 Å². The first-order chi connectivity index (χ1) is 10.4. The van der Waals surface area contributed by atoms with Crippen molar-refractivity contribution < 1.29 is 15.0 Å². The predicted molar refractivity (Wildman–Crippen MR) is 95.7 cm³/mol. The van der Waals surface area contributed by atoms with Crippen molar-refractivity contribution in [1.82, 2.24) is 4.57 Å². The Morgan fingerprint density at radius 1 is 1.26 bits per heavy atom. The fourth-order valence-electron chi connectivity index (χ4n) is 2.11. The quantitative estimate of drug-likeness (QED) is 0.423. The molecule has 0 spiro atoms. The molecule has 0 aliphatic heterocycles. The molecule has 0 heterocycles. The maximum Gasteiger partial charge on any atom is 0.242 e. The van der Waals surface area contributed by atoms with Gasteiger partial charge in [-0.2, -0.15) is 0 Å². The van der Waals surface area contributed by atoms with Crippen LogP contribution in [0.5, 0.6) is 11.5 Å². The monoisotopic (exact) mass is 336 g/mol. The van der Waals surface area contributed by atoms with Gasteiger partial charge in [-0.25, -0.2) is 0 Å². The highest BCUT2D eigenvalue weighted by Crippen LogP contribution is 2.38. The number of primary amides is 1. The van der Waals surface area contributed by atoms with Crippen molar-refractivity contribution in [1.29, 1.82) is 0 Å². The molecule has 6 heteroatoms. The highest BCUT2D eigenvalue weighted by atomic mass is 28.3. The molecule has 0 aliphatic carbocycles. The number of amides is 1. The van der Waals surface area contributed by atoms with Crippen molar-refractivity contribution in [2.75, 3.05) is 6.54 Å². The second kappa shape index (κ2) is 7.08. The summed E-state index contributed by atoms with van der Waals surface area (Å²) in [6, 6.07) is 4.84. The van der Waals surface area contributed by atoms with Crippen molar-refractivity contribution in [3.63, 3.8) is 0 Å². The molecule has 0 aliphatic rings. The minimum Gasteiger partial charge on any atom is -0.504 e. The van der Waals surface area contributed by atoms with E-state index in [-0.39, 0.29) is 16.5 Å². The number of rotatable bonds is 6. The molecule has 128 valence electrons. The third kappa shape index (κ3) is 5.02. The Hall–Kier alpha value is -1.95. The molecule has 5 nitrogen and oxygen atoms in total. The van der Waals surface area contributed by atoms with Crippen molar-refractivity contribution in [2.45, 2.75) is 45.3 Å². The number of aromatic hydroxyl groups is 2. The van der Waals surface area contributed by atoms with Crippen LogP contribution < -0.4 is 5.73 Å². The largest absolute Gasteiger partial charge is 0.504 e. The summed E-state index contributed by atoms with van der Waals surface area (Å²) in [5, 5.41) is 19.1. The highest BCUT2D eigenvalue weighted by Gasteiger charge is 2.39. The Balaban J connectivity index is 2.97. The standard InChI is InChI=1S/C17H28N2O3Si/c1-17(2,3)23(4,5)19(11-9-16(18)22)10-8-13-6-7-14(20)15(21)12-13/h6-7,9,11-12,20-21H,8,10H2,1-5H3,(H2,18,22). The van der Waals surface area contributed by atoms with Gasteiger partial charge in [0, 0.05) is 12.6 Å². The second-order valence-electron chi connectivity index (χ2n) is 7.29. The van der Waals surface area contributed by atoms with E-state index in [1.165, 1.54) is 12.1 Å². The molecule has 0 radical (unpaired) electrons. The predicted octanol–water partition coefficient (Wildman–Crippen LogP) is 2.95. The molecule has 1 aromatic rings. The summed E-state index contributed by atoms with van der Waals surface area (Å²) in [5.41, 5.74) is 6.17. The van der Waals surface area contributed by atoms with Gasteiger partial charge in [-0.15, -0.1) is 0 Å². The van der Waals surface area contributed by atoms with Gasteiger partial charge in [0.1, 0.15) is 0 Å². The number of carbonyl (C=O) groups excluding carboxylic acids is 1. The molecule has 0 saturated carbocycles. The number of hydrogen-bond donors (Lipinski definition) is 3. The van der Waals surface area contributed by atoms with Crippen LogP contribution in [0, 0.1) is 0 Å². The number of phenolic OH excluding ortho intramolecular Hbond substituents is 2. The van der Waals surface area contributed by atoms with Gasteiger partial charge in [0.15, 0.2) is 19.7 Å². The van der Waals surface area contributed by atoms with Crippen LogP contribution in [0.3, 0.4) is 0 Å². The lowest BCUT2D eigenvalue weighted by Crippen LogP contribution is -2.53. The van der Waals surface area contributed by atoms with E-state index in [1.54, 1.807) is 18.3 Å². The second-order valence-corrected chi connectivity index (χ2v) is 12.5. The van der Waals surface area contributed by atoms with Gasteiger partial charge in [0.2, 0.25) is 5.91 Å². The van der Waals surface area contributed by atoms with Crippen LogP contribution in [0.25, 0.3) is 0 Å². The molecule has 0 unspecified atom stereocenters. The first kappa shape index (κ1) is 19.1. The summed E-state index contributed by atoms with van der Waals surface area (Å²) in [7, 11) is -1.85. The van der Waals surface area contributed by atoms with Gasteiger partial charge >= 0.3 is 0 Å². The Morgan fingerprint density at radius 3 is 2.35 bits per heavy atom. The molecule has 0 fully saturated rings. The normalized spacial score (nSPS) is 12.6. The van der Waals surface area contributed by atoms with Crippen molar-refractivity contribution in [3.05, 3.63) is 36.0 Å². The number of benzene rings is 1. The van der Waals surface area contributed by atoms with E-state index in [4.69, 9.17) is 5.73 Å². The molecule has 0 saturated heterocycles. The molecule has 1 aromatic carbocycles. The van der Waals surface area contributed by atoms with Gasteiger partial charge in [-0.3, -0.25) is 4.79 Å². The lowest BCUT2D eigenvalue weighted by Gasteiger charge is -2.45. The maximum atomic E-state index is 11.1. The SMILES string of the molecule is CC(C)(C)[Si](C)(C)N(C=CC(N)=O)CCc1ccc(O)c(O)c1. The minimum atomic E-state index is -1.85. The first-order valence-corrected chi connectivity index (χ1v) is 10.6. The van der Waals surface area contributed by atoms with Crippen molar-refractivity contribution in [2.24, 2.45) is 5.73 Å². The fraction of sp³-hybridized carbons (Fsp3) is 0.471. The number of carbonyl (C=O) groups is 1. The summed E-state index contributed by atoms with van der Waals surface area (Å²) in [5.74, 6) is -0.700. The van der Waals surface area contributed by atoms with Crippen LogP contribution >= 0.6 is 0 Å². The molecule has 0 atom stereocenters. The van der Waals surface area contributed by atoms with Gasteiger partial charge in [0.05, 0.1) is 0 Å². The zero-order chi connectivity index (χ0) is 17.8. The first-order valence-electron chi connectivity index (χ1n) is 7.70. The Kier molecular flexibility index (Phi) is 5.88. The third-order valence-electron chi connectivity index (χ3n) is 4.65. The Morgan fingerprint density at radius 2 is 1.87 bits per heavy atom. The lowest BCUT2D eigenvalue weighted by atomic mass is 10.1. The van der Waals surface area contributed by atoms with Crippen LogP contribution in [0.15, 0.2) is 30.5 Å². The molecule has 0 aromatic heterocycles. The third-order valence-corrected chi connectivity index (χ3v) is 10.1. The van der Waals surface area contributed by atoms with Crippen LogP contribution in [0.4, 0.5) is 0 Å². The van der Waals surface area contributed by atoms with E-state index < -0.39 is 14.1 Å². The van der Waals surface area contributed by atoms with Crippen molar-refractivity contribution in [3.8, 4) is 11.5 Å². The smallest absolute Gasteiger partial charge is 0.242 e. The molecular weight excluding hydrogens is 308 g/mol. The number of hydrogen-bond acceptors (Lipinski definition) is 4. The zero-order valence-electron chi connectivity index (χ0n) is 14.6. The van der Waals surface area contributed by atoms with Gasteiger partial charge in [-0.05, 0) is 35.4 Å². The summed E-state index contributed by atoms with van der Waals surface area (Å²) in [6.07, 6.45) is 3.89. The van der Waals surface area contributed by atoms with E-state index in [9.17, 15) is 15.0 Å². The average molecular weight is 337 g/mol. The number of nitrogens with two attached hydrogens (primary N) is 1. The van der Waals surface area contributed by atoms with Gasteiger partial charge in [-0.1, -0.05) is 39.9 Å². The molecule has 4 N–H and O–H groups in total. The van der Waals surface area contributed by atoms with Crippen LogP contribution in [-0.4, -0.2) is 35.5 Å². The Bertz CT molecular complexity index is 592. The van der Waals surface area contributed by atoms with E-state index in [1.807, 2.05) is 0 Å². The summed E-state index contributed by atoms with van der Waals surface area (Å²) in [4.78, 5) is 11.1. The summed E-state index contributed by atoms with van der Waals surface area (Å²) < 4.78 is 2.22. The number of nitrogens with zero attached hydrogens (tertiary/aromatic N) is 1. The molecule has 1 amide bonds. The summed E-state index contributed by atoms with van der Waals surface area (Å²) in [6.45, 7) is 11.8. The van der Waals surface area contributed by atoms with Gasteiger partial charge < -0.3 is 20.5 Å². The van der Waals surface area contributed by atoms with Crippen LogP contribution in [0.2, 0.25) is 18.1 Å². The number of phenols is 2. The minimum absolute atomic E-state index is 0.117. The molecular formula is C17H28N2O3Si. The average Bonchev–Trinajstić information content (AvgIpc) is 2.40. The molecule has 1 rings (SSSR count). The molecule has 0 bridgehead atoms. The molecule has 23 heavy (non-hydrogen) atoms. The zero-order valence-corrected chi connectivity index (χ0v) is 15.6. The maximum absolute atomic E-state index is 11.1. The van der Waals surface area contributed by atoms with E-state index in [0.29, 0.717) is 13.0 Å². The fourth-order valence-corrected chi connectivity index (χ4v) is 4.09.